The van der Waals surface area contributed by atoms with E-state index < -0.39 is 0 Å². The molecule has 1 aliphatic rings. The van der Waals surface area contributed by atoms with Crippen molar-refractivity contribution in [3.63, 3.8) is 0 Å². The van der Waals surface area contributed by atoms with Crippen molar-refractivity contribution < 1.29 is 0 Å². The van der Waals surface area contributed by atoms with Crippen LogP contribution in [0.25, 0.3) is 0 Å². The first kappa shape index (κ1) is 13.5. The van der Waals surface area contributed by atoms with Crippen molar-refractivity contribution in [1.82, 2.24) is 5.32 Å². The Morgan fingerprint density at radius 3 is 2.69 bits per heavy atom. The summed E-state index contributed by atoms with van der Waals surface area (Å²) in [6.07, 6.45) is 15.0. The summed E-state index contributed by atoms with van der Waals surface area (Å²) in [6, 6.07) is 0. The molecular formula is C15H27N. The molecule has 0 saturated heterocycles. The molecule has 0 heterocycles. The molecule has 1 fully saturated rings. The molecule has 0 aromatic rings. The van der Waals surface area contributed by atoms with Crippen LogP contribution in [-0.2, 0) is 0 Å². The van der Waals surface area contributed by atoms with E-state index in [0.29, 0.717) is 0 Å². The van der Waals surface area contributed by atoms with Crippen molar-refractivity contribution in [3.05, 3.63) is 23.8 Å². The van der Waals surface area contributed by atoms with E-state index in [-0.39, 0.29) is 0 Å². The molecule has 0 radical (unpaired) electrons. The van der Waals surface area contributed by atoms with Gasteiger partial charge >= 0.3 is 0 Å². The average molecular weight is 221 g/mol. The van der Waals surface area contributed by atoms with Gasteiger partial charge in [-0.25, -0.2) is 0 Å². The maximum Gasteiger partial charge on any atom is -0.00140 e. The Bertz CT molecular complexity index is 222. The first-order valence-corrected chi connectivity index (χ1v) is 6.83. The van der Waals surface area contributed by atoms with E-state index >= 15 is 0 Å². The lowest BCUT2D eigenvalue weighted by Gasteiger charge is -2.21. The van der Waals surface area contributed by atoms with Gasteiger partial charge in [-0.15, -0.1) is 0 Å². The molecule has 0 bridgehead atoms. The Balaban J connectivity index is 1.97. The molecular weight excluding hydrogens is 194 g/mol. The highest BCUT2D eigenvalue weighted by molar-refractivity contribution is 5.14. The predicted octanol–water partition coefficient (Wildman–Crippen LogP) is 4.07. The molecule has 1 heteroatoms. The first-order valence-electron chi connectivity index (χ1n) is 6.83. The minimum Gasteiger partial charge on any atom is -0.316 e. The zero-order valence-electron chi connectivity index (χ0n) is 11.0. The molecule has 1 N–H and O–H groups in total. The molecule has 92 valence electrons. The van der Waals surface area contributed by atoms with Gasteiger partial charge in [0.25, 0.3) is 0 Å². The standard InChI is InChI=1S/C15H27N/c1-3-14(2)9-7-8-12-16-13-15-10-5-4-6-11-15/h3,7,9,15-16H,4-6,8,10-13H2,1-2H3/b9-7-,14-3-. The molecule has 0 amide bonds. The van der Waals surface area contributed by atoms with Crippen molar-refractivity contribution in [2.75, 3.05) is 13.1 Å². The average Bonchev–Trinajstić information content (AvgIpc) is 2.34. The fourth-order valence-corrected chi connectivity index (χ4v) is 2.25. The number of hydrogen-bond acceptors (Lipinski definition) is 1. The van der Waals surface area contributed by atoms with Crippen LogP contribution in [0.2, 0.25) is 0 Å². The van der Waals surface area contributed by atoms with Gasteiger partial charge in [0.2, 0.25) is 0 Å². The van der Waals surface area contributed by atoms with E-state index in [9.17, 15) is 0 Å². The lowest BCUT2D eigenvalue weighted by Crippen LogP contribution is -2.25. The van der Waals surface area contributed by atoms with E-state index in [1.54, 1.807) is 0 Å². The zero-order valence-corrected chi connectivity index (χ0v) is 11.0. The summed E-state index contributed by atoms with van der Waals surface area (Å²) in [6.45, 7) is 6.59. The van der Waals surface area contributed by atoms with Crippen LogP contribution in [0.15, 0.2) is 23.8 Å². The molecule has 16 heavy (non-hydrogen) atoms. The lowest BCUT2D eigenvalue weighted by molar-refractivity contribution is 0.343. The Morgan fingerprint density at radius 2 is 2.00 bits per heavy atom. The van der Waals surface area contributed by atoms with E-state index in [1.165, 1.54) is 44.2 Å². The normalized spacial score (nSPS) is 19.5. The second kappa shape index (κ2) is 8.58. The van der Waals surface area contributed by atoms with Gasteiger partial charge in [-0.3, -0.25) is 0 Å². The zero-order chi connectivity index (χ0) is 11.6. The second-order valence-corrected chi connectivity index (χ2v) is 4.93. The summed E-state index contributed by atoms with van der Waals surface area (Å²) in [4.78, 5) is 0. The predicted molar refractivity (Wildman–Crippen MR) is 72.6 cm³/mol. The monoisotopic (exact) mass is 221 g/mol. The number of rotatable bonds is 6. The lowest BCUT2D eigenvalue weighted by atomic mass is 9.89. The molecule has 0 spiro atoms. The maximum atomic E-state index is 3.58. The Kier molecular flexibility index (Phi) is 7.24. The fraction of sp³-hybridized carbons (Fsp3) is 0.733. The number of hydrogen-bond donors (Lipinski definition) is 1. The molecule has 1 nitrogen and oxygen atoms in total. The third-order valence-electron chi connectivity index (χ3n) is 3.48. The molecule has 0 aromatic heterocycles. The van der Waals surface area contributed by atoms with Gasteiger partial charge in [0.1, 0.15) is 0 Å². The van der Waals surface area contributed by atoms with Crippen LogP contribution in [0, 0.1) is 5.92 Å². The van der Waals surface area contributed by atoms with E-state index in [1.807, 2.05) is 0 Å². The molecule has 1 rings (SSSR count). The summed E-state index contributed by atoms with van der Waals surface area (Å²) >= 11 is 0. The number of nitrogens with one attached hydrogen (secondary N) is 1. The van der Waals surface area contributed by atoms with Gasteiger partial charge in [0.05, 0.1) is 0 Å². The summed E-state index contributed by atoms with van der Waals surface area (Å²) in [7, 11) is 0. The third kappa shape index (κ3) is 6.12. The van der Waals surface area contributed by atoms with Gasteiger partial charge in [-0.2, -0.15) is 0 Å². The van der Waals surface area contributed by atoms with Gasteiger partial charge in [0.15, 0.2) is 0 Å². The molecule has 1 saturated carbocycles. The van der Waals surface area contributed by atoms with Gasteiger partial charge in [-0.05, 0) is 52.1 Å². The topological polar surface area (TPSA) is 12.0 Å². The van der Waals surface area contributed by atoms with E-state index in [4.69, 9.17) is 0 Å². The van der Waals surface area contributed by atoms with Gasteiger partial charge in [-0.1, -0.05) is 43.1 Å². The minimum atomic E-state index is 0.954. The second-order valence-electron chi connectivity index (χ2n) is 4.93. The summed E-state index contributed by atoms with van der Waals surface area (Å²) in [5, 5.41) is 3.58. The van der Waals surface area contributed by atoms with Gasteiger partial charge in [0, 0.05) is 0 Å². The van der Waals surface area contributed by atoms with Crippen molar-refractivity contribution >= 4 is 0 Å². The smallest absolute Gasteiger partial charge is 0.00140 e. The Labute approximate surface area is 101 Å². The van der Waals surface area contributed by atoms with Crippen LogP contribution in [0.4, 0.5) is 0 Å². The molecule has 1 aliphatic carbocycles. The summed E-state index contributed by atoms with van der Waals surface area (Å²) in [5.41, 5.74) is 1.35. The quantitative estimate of drug-likeness (QED) is 0.526. The van der Waals surface area contributed by atoms with Crippen LogP contribution in [-0.4, -0.2) is 13.1 Å². The first-order chi connectivity index (χ1) is 7.83. The molecule has 0 aromatic carbocycles. The molecule has 0 unspecified atom stereocenters. The maximum absolute atomic E-state index is 3.58. The van der Waals surface area contributed by atoms with Crippen molar-refractivity contribution in [2.24, 2.45) is 5.92 Å². The highest BCUT2D eigenvalue weighted by Gasteiger charge is 2.11. The van der Waals surface area contributed by atoms with E-state index in [2.05, 4.69) is 37.4 Å². The highest BCUT2D eigenvalue weighted by atomic mass is 14.8. The van der Waals surface area contributed by atoms with Gasteiger partial charge < -0.3 is 5.32 Å². The third-order valence-corrected chi connectivity index (χ3v) is 3.48. The van der Waals surface area contributed by atoms with Crippen molar-refractivity contribution in [1.29, 1.82) is 0 Å². The highest BCUT2D eigenvalue weighted by Crippen LogP contribution is 2.22. The molecule has 0 atom stereocenters. The van der Waals surface area contributed by atoms with Crippen LogP contribution in [0.3, 0.4) is 0 Å². The number of allylic oxidation sites excluding steroid dienone is 3. The summed E-state index contributed by atoms with van der Waals surface area (Å²) in [5.74, 6) is 0.954. The largest absolute Gasteiger partial charge is 0.316 e. The van der Waals surface area contributed by atoms with E-state index in [0.717, 1.165) is 18.9 Å². The minimum absolute atomic E-state index is 0.954. The Morgan fingerprint density at radius 1 is 1.25 bits per heavy atom. The Hall–Kier alpha value is -0.560. The summed E-state index contributed by atoms with van der Waals surface area (Å²) < 4.78 is 0. The van der Waals surface area contributed by atoms with Crippen LogP contribution in [0.5, 0.6) is 0 Å². The molecule has 0 aliphatic heterocycles. The van der Waals surface area contributed by atoms with Crippen molar-refractivity contribution in [3.8, 4) is 0 Å². The SMILES string of the molecule is C/C=C(C)\C=C/CCNCC1CCCCC1. The van der Waals surface area contributed by atoms with Crippen molar-refractivity contribution in [2.45, 2.75) is 52.4 Å². The fourth-order valence-electron chi connectivity index (χ4n) is 2.25. The van der Waals surface area contributed by atoms with Crippen LogP contribution >= 0.6 is 0 Å². The van der Waals surface area contributed by atoms with Crippen LogP contribution in [0.1, 0.15) is 52.4 Å². The van der Waals surface area contributed by atoms with Crippen LogP contribution < -0.4 is 5.32 Å².